The van der Waals surface area contributed by atoms with E-state index in [9.17, 15) is 14.4 Å². The maximum Gasteiger partial charge on any atom is 0.442 e. The number of hydrogen-bond acceptors (Lipinski definition) is 7. The Kier molecular flexibility index (Phi) is 5.05. The van der Waals surface area contributed by atoms with Crippen molar-refractivity contribution >= 4 is 22.5 Å². The minimum absolute atomic E-state index is 0.0689. The molecule has 0 aromatic carbocycles. The van der Waals surface area contributed by atoms with E-state index in [0.717, 1.165) is 17.7 Å². The summed E-state index contributed by atoms with van der Waals surface area (Å²) in [6.07, 6.45) is 1.68. The van der Waals surface area contributed by atoms with Crippen LogP contribution in [-0.2, 0) is 19.6 Å². The molecule has 0 fully saturated rings. The monoisotopic (exact) mass is 416 g/mol. The molecule has 0 aliphatic carbocycles. The molecule has 1 N–H and O–H groups in total. The van der Waals surface area contributed by atoms with Gasteiger partial charge in [-0.1, -0.05) is 24.6 Å². The molecule has 0 bridgehead atoms. The number of rotatable bonds is 7. The van der Waals surface area contributed by atoms with Gasteiger partial charge in [0.1, 0.15) is 5.82 Å². The molecule has 4 rings (SSSR count). The topological polar surface area (TPSA) is 121 Å². The summed E-state index contributed by atoms with van der Waals surface area (Å²) in [6, 6.07) is 3.70. The van der Waals surface area contributed by atoms with Crippen molar-refractivity contribution < 1.29 is 4.52 Å². The lowest BCUT2D eigenvalue weighted by Gasteiger charge is -2.07. The van der Waals surface area contributed by atoms with E-state index in [1.165, 1.54) is 20.5 Å². The highest BCUT2D eigenvalue weighted by Crippen LogP contribution is 2.22. The van der Waals surface area contributed by atoms with Gasteiger partial charge in [0, 0.05) is 13.1 Å². The smallest absolute Gasteiger partial charge is 0.321 e. The molecule has 4 heterocycles. The van der Waals surface area contributed by atoms with Crippen LogP contribution in [-0.4, -0.2) is 28.8 Å². The first kappa shape index (κ1) is 19.1. The standard InChI is InChI=1S/C18H20N6O4S/c1-3-5-8-23-15-13(16(25)20-17(23)26)22(4-2)12(19-15)10-24-14(21-28-18(24)27)11-7-6-9-29-11/h6-7,9H,3-5,8,10H2,1-2H3,(H,20,25,26). The number of H-pyrrole nitrogens is 1. The van der Waals surface area contributed by atoms with Gasteiger partial charge < -0.3 is 4.57 Å². The molecule has 0 radical (unpaired) electrons. The van der Waals surface area contributed by atoms with Crippen molar-refractivity contribution in [1.29, 1.82) is 0 Å². The number of fused-ring (bicyclic) bond motifs is 1. The van der Waals surface area contributed by atoms with E-state index in [1.807, 2.05) is 31.4 Å². The Hall–Kier alpha value is -3.21. The highest BCUT2D eigenvalue weighted by Gasteiger charge is 2.21. The van der Waals surface area contributed by atoms with Crippen molar-refractivity contribution in [2.24, 2.45) is 0 Å². The minimum atomic E-state index is -0.611. The van der Waals surface area contributed by atoms with Gasteiger partial charge in [0.15, 0.2) is 17.0 Å². The Morgan fingerprint density at radius 3 is 2.69 bits per heavy atom. The van der Waals surface area contributed by atoms with Crippen LogP contribution in [0, 0.1) is 0 Å². The lowest BCUT2D eigenvalue weighted by molar-refractivity contribution is 0.377. The highest BCUT2D eigenvalue weighted by molar-refractivity contribution is 7.13. The summed E-state index contributed by atoms with van der Waals surface area (Å²) in [5, 5.41) is 5.76. The van der Waals surface area contributed by atoms with Gasteiger partial charge in [0.2, 0.25) is 0 Å². The number of thiophene rings is 1. The lowest BCUT2D eigenvalue weighted by atomic mass is 10.3. The van der Waals surface area contributed by atoms with Crippen LogP contribution in [0.4, 0.5) is 0 Å². The van der Waals surface area contributed by atoms with Crippen LogP contribution < -0.4 is 17.0 Å². The van der Waals surface area contributed by atoms with Crippen LogP contribution in [0.25, 0.3) is 21.9 Å². The molecule has 0 amide bonds. The first-order chi connectivity index (χ1) is 14.0. The van der Waals surface area contributed by atoms with Gasteiger partial charge in [0.05, 0.1) is 11.4 Å². The Morgan fingerprint density at radius 2 is 2.00 bits per heavy atom. The second-order valence-electron chi connectivity index (χ2n) is 6.54. The van der Waals surface area contributed by atoms with Gasteiger partial charge >= 0.3 is 11.4 Å². The second-order valence-corrected chi connectivity index (χ2v) is 7.49. The Balaban J connectivity index is 1.89. The molecule has 0 saturated carbocycles. The Morgan fingerprint density at radius 1 is 1.17 bits per heavy atom. The molecule has 4 aromatic rings. The zero-order valence-electron chi connectivity index (χ0n) is 16.0. The van der Waals surface area contributed by atoms with Crippen molar-refractivity contribution in [3.8, 4) is 10.7 Å². The van der Waals surface area contributed by atoms with Gasteiger partial charge in [-0.05, 0) is 24.8 Å². The molecule has 0 saturated heterocycles. The summed E-state index contributed by atoms with van der Waals surface area (Å²) in [5.74, 6) is 0.268. The van der Waals surface area contributed by atoms with E-state index >= 15 is 0 Å². The highest BCUT2D eigenvalue weighted by atomic mass is 32.1. The average molecular weight is 416 g/mol. The number of nitrogens with one attached hydrogen (secondary N) is 1. The van der Waals surface area contributed by atoms with Crippen molar-refractivity contribution in [3.63, 3.8) is 0 Å². The molecule has 10 nitrogen and oxygen atoms in total. The zero-order valence-corrected chi connectivity index (χ0v) is 16.9. The molecule has 0 aliphatic heterocycles. The summed E-state index contributed by atoms with van der Waals surface area (Å²) >= 11 is 1.44. The van der Waals surface area contributed by atoms with Crippen molar-refractivity contribution in [2.45, 2.75) is 46.3 Å². The first-order valence-corrected chi connectivity index (χ1v) is 10.3. The molecule has 11 heteroatoms. The molecule has 0 atom stereocenters. The molecule has 0 unspecified atom stereocenters. The van der Waals surface area contributed by atoms with Gasteiger partial charge in [-0.25, -0.2) is 19.1 Å². The van der Waals surface area contributed by atoms with Crippen molar-refractivity contribution in [2.75, 3.05) is 0 Å². The van der Waals surface area contributed by atoms with Crippen LogP contribution in [0.5, 0.6) is 0 Å². The summed E-state index contributed by atoms with van der Waals surface area (Å²) < 4.78 is 9.43. The SMILES string of the molecule is CCCCn1c(=O)[nH]c(=O)c2c1nc(Cn1c(-c3cccs3)noc1=O)n2CC. The van der Waals surface area contributed by atoms with Crippen molar-refractivity contribution in [3.05, 3.63) is 54.7 Å². The van der Waals surface area contributed by atoms with Crippen LogP contribution in [0.2, 0.25) is 0 Å². The van der Waals surface area contributed by atoms with Crippen LogP contribution >= 0.6 is 11.3 Å². The third-order valence-electron chi connectivity index (χ3n) is 4.74. The predicted octanol–water partition coefficient (Wildman–Crippen LogP) is 1.63. The largest absolute Gasteiger partial charge is 0.442 e. The summed E-state index contributed by atoms with van der Waals surface area (Å²) in [4.78, 5) is 44.8. The minimum Gasteiger partial charge on any atom is -0.321 e. The van der Waals surface area contributed by atoms with E-state index in [1.54, 1.807) is 4.57 Å². The number of aromatic nitrogens is 6. The normalized spacial score (nSPS) is 11.5. The lowest BCUT2D eigenvalue weighted by Crippen LogP contribution is -2.31. The van der Waals surface area contributed by atoms with E-state index in [0.29, 0.717) is 35.9 Å². The van der Waals surface area contributed by atoms with Gasteiger partial charge in [-0.2, -0.15) is 0 Å². The third-order valence-corrected chi connectivity index (χ3v) is 5.61. The fourth-order valence-corrected chi connectivity index (χ4v) is 4.05. The molecule has 4 aromatic heterocycles. The molecule has 0 aliphatic rings. The summed E-state index contributed by atoms with van der Waals surface area (Å²) in [7, 11) is 0. The number of imidazole rings is 1. The molecule has 0 spiro atoms. The van der Waals surface area contributed by atoms with Crippen LogP contribution in [0.1, 0.15) is 32.5 Å². The van der Waals surface area contributed by atoms with Gasteiger partial charge in [0.25, 0.3) is 5.56 Å². The molecule has 152 valence electrons. The Labute approximate surface area is 168 Å². The van der Waals surface area contributed by atoms with Crippen LogP contribution in [0.3, 0.4) is 0 Å². The fraction of sp³-hybridized carbons (Fsp3) is 0.389. The van der Waals surface area contributed by atoms with E-state index in [-0.39, 0.29) is 6.54 Å². The second kappa shape index (κ2) is 7.66. The van der Waals surface area contributed by atoms with Crippen LogP contribution in [0.15, 0.2) is 36.4 Å². The van der Waals surface area contributed by atoms with E-state index in [4.69, 9.17) is 4.52 Å². The van der Waals surface area contributed by atoms with E-state index < -0.39 is 17.0 Å². The fourth-order valence-electron chi connectivity index (χ4n) is 3.33. The molecular formula is C18H20N6O4S. The van der Waals surface area contributed by atoms with Gasteiger partial charge in [-0.3, -0.25) is 18.9 Å². The molecular weight excluding hydrogens is 396 g/mol. The van der Waals surface area contributed by atoms with Gasteiger partial charge in [-0.15, -0.1) is 11.3 Å². The number of aryl methyl sites for hydroxylation is 2. The summed E-state index contributed by atoms with van der Waals surface area (Å²) in [6.45, 7) is 4.88. The zero-order chi connectivity index (χ0) is 20.5. The quantitative estimate of drug-likeness (QED) is 0.489. The number of unbranched alkanes of at least 4 members (excludes halogenated alkanes) is 1. The molecule has 29 heavy (non-hydrogen) atoms. The maximum atomic E-state index is 12.5. The first-order valence-electron chi connectivity index (χ1n) is 9.37. The van der Waals surface area contributed by atoms with E-state index in [2.05, 4.69) is 15.1 Å². The summed E-state index contributed by atoms with van der Waals surface area (Å²) in [5.41, 5.74) is -0.328. The third kappa shape index (κ3) is 3.27. The Bertz CT molecular complexity index is 1320. The average Bonchev–Trinajstić information content (AvgIpc) is 3.41. The number of hydrogen-bond donors (Lipinski definition) is 1. The predicted molar refractivity (Wildman–Crippen MR) is 108 cm³/mol. The number of nitrogens with zero attached hydrogens (tertiary/aromatic N) is 5. The van der Waals surface area contributed by atoms with Crippen molar-refractivity contribution in [1.82, 2.24) is 28.8 Å². The number of aromatic amines is 1. The maximum absolute atomic E-state index is 12.5.